The molecule has 174 valence electrons. The number of carbonyl (C=O) groups is 5. The Morgan fingerprint density at radius 3 is 1.33 bits per heavy atom. The van der Waals surface area contributed by atoms with Gasteiger partial charge >= 0.3 is 0 Å². The lowest BCUT2D eigenvalue weighted by Gasteiger charge is -2.17. The van der Waals surface area contributed by atoms with Gasteiger partial charge in [0.15, 0.2) is 23.1 Å². The van der Waals surface area contributed by atoms with Gasteiger partial charge in [0.1, 0.15) is 6.29 Å². The maximum atomic E-state index is 12.4. The van der Waals surface area contributed by atoms with Crippen molar-refractivity contribution in [1.29, 1.82) is 0 Å². The van der Waals surface area contributed by atoms with E-state index < -0.39 is 0 Å². The van der Waals surface area contributed by atoms with E-state index in [-0.39, 0.29) is 23.1 Å². The van der Waals surface area contributed by atoms with Gasteiger partial charge in [0.25, 0.3) is 0 Å². The molecule has 0 aromatic heterocycles. The number of carbonyl (C=O) groups excluding carboxylic acids is 5. The number of benzene rings is 4. The van der Waals surface area contributed by atoms with Gasteiger partial charge in [-0.1, -0.05) is 73.7 Å². The van der Waals surface area contributed by atoms with Crippen LogP contribution in [0.25, 0.3) is 0 Å². The van der Waals surface area contributed by atoms with Crippen LogP contribution in [-0.4, -0.2) is 29.4 Å². The predicted octanol–water partition coefficient (Wildman–Crippen LogP) is 5.30. The Morgan fingerprint density at radius 1 is 0.500 bits per heavy atom. The summed E-state index contributed by atoms with van der Waals surface area (Å²) in [6.45, 7) is 2.03. The van der Waals surface area contributed by atoms with Gasteiger partial charge in [-0.25, -0.2) is 0 Å². The summed E-state index contributed by atoms with van der Waals surface area (Å²) in [5.41, 5.74) is 5.07. The first kappa shape index (κ1) is 23.0. The molecule has 4 aromatic carbocycles. The summed E-state index contributed by atoms with van der Waals surface area (Å²) in [5, 5.41) is 0. The Morgan fingerprint density at radius 2 is 0.889 bits per heavy atom. The lowest BCUT2D eigenvalue weighted by atomic mass is 9.83. The van der Waals surface area contributed by atoms with Crippen LogP contribution in [0.4, 0.5) is 0 Å². The molecule has 0 N–H and O–H groups in total. The maximum absolute atomic E-state index is 12.4. The molecule has 0 fully saturated rings. The van der Waals surface area contributed by atoms with Gasteiger partial charge in [-0.3, -0.25) is 24.0 Å². The summed E-state index contributed by atoms with van der Waals surface area (Å²) in [4.78, 5) is 59.9. The lowest BCUT2D eigenvalue weighted by molar-refractivity contribution is 0.0979. The molecule has 4 aromatic rings. The first-order chi connectivity index (χ1) is 17.4. The van der Waals surface area contributed by atoms with Gasteiger partial charge in [-0.15, -0.1) is 0 Å². The van der Waals surface area contributed by atoms with E-state index in [1.165, 1.54) is 12.1 Å². The molecular formula is C31H20O5. The van der Waals surface area contributed by atoms with Crippen molar-refractivity contribution in [3.63, 3.8) is 0 Å². The van der Waals surface area contributed by atoms with Crippen molar-refractivity contribution >= 4 is 29.4 Å². The number of hydrogen-bond donors (Lipinski definition) is 0. The topological polar surface area (TPSA) is 85.3 Å². The van der Waals surface area contributed by atoms with E-state index in [0.29, 0.717) is 56.4 Å². The van der Waals surface area contributed by atoms with Crippen LogP contribution in [0, 0.1) is 0 Å². The standard InChI is InChI=1S/C16H12O2.C15H8O3/c1-2-10-7-8-13-14(9-10)16(18)12-6-4-3-5-11(12)15(13)17;16-8-9-5-6-12-13(7-9)15(18)11-4-2-1-3-10(11)14(12)17/h3-9H,2H2,1H3;1-8H. The van der Waals surface area contributed by atoms with Gasteiger partial charge in [-0.2, -0.15) is 0 Å². The molecule has 2 aliphatic rings. The highest BCUT2D eigenvalue weighted by Gasteiger charge is 2.30. The third kappa shape index (κ3) is 3.71. The third-order valence-electron chi connectivity index (χ3n) is 6.48. The van der Waals surface area contributed by atoms with Crippen molar-refractivity contribution in [3.05, 3.63) is 141 Å². The first-order valence-electron chi connectivity index (χ1n) is 11.5. The van der Waals surface area contributed by atoms with Crippen LogP contribution < -0.4 is 0 Å². The van der Waals surface area contributed by atoms with E-state index in [4.69, 9.17) is 0 Å². The summed E-state index contributed by atoms with van der Waals surface area (Å²) in [6, 6.07) is 23.8. The Balaban J connectivity index is 0.000000148. The molecule has 0 bridgehead atoms. The molecule has 6 rings (SSSR count). The molecule has 0 saturated carbocycles. The van der Waals surface area contributed by atoms with E-state index in [9.17, 15) is 24.0 Å². The second-order valence-electron chi connectivity index (χ2n) is 8.56. The molecule has 0 aliphatic heterocycles. The van der Waals surface area contributed by atoms with Crippen molar-refractivity contribution in [2.45, 2.75) is 13.3 Å². The van der Waals surface area contributed by atoms with Crippen LogP contribution >= 0.6 is 0 Å². The number of aryl methyl sites for hydroxylation is 1. The first-order valence-corrected chi connectivity index (χ1v) is 11.5. The van der Waals surface area contributed by atoms with E-state index in [1.807, 2.05) is 19.1 Å². The Hall–Kier alpha value is -4.77. The number of ketones is 4. The molecule has 0 spiro atoms. The Bertz CT molecular complexity index is 1610. The van der Waals surface area contributed by atoms with Crippen LogP contribution in [-0.2, 0) is 6.42 Å². The van der Waals surface area contributed by atoms with Crippen molar-refractivity contribution in [3.8, 4) is 0 Å². The van der Waals surface area contributed by atoms with Gasteiger partial charge in [0.2, 0.25) is 0 Å². The number of rotatable bonds is 2. The van der Waals surface area contributed by atoms with E-state index in [2.05, 4.69) is 0 Å². The lowest BCUT2D eigenvalue weighted by Crippen LogP contribution is -2.20. The van der Waals surface area contributed by atoms with E-state index >= 15 is 0 Å². The highest BCUT2D eigenvalue weighted by Crippen LogP contribution is 2.29. The normalized spacial score (nSPS) is 13.0. The van der Waals surface area contributed by atoms with Crippen LogP contribution in [0.2, 0.25) is 0 Å². The van der Waals surface area contributed by atoms with Crippen LogP contribution in [0.5, 0.6) is 0 Å². The number of hydrogen-bond acceptors (Lipinski definition) is 5. The molecule has 0 heterocycles. The zero-order chi connectivity index (χ0) is 25.4. The molecule has 0 radical (unpaired) electrons. The highest BCUT2D eigenvalue weighted by molar-refractivity contribution is 6.29. The summed E-state index contributed by atoms with van der Waals surface area (Å²) >= 11 is 0. The third-order valence-corrected chi connectivity index (χ3v) is 6.48. The fraction of sp³-hybridized carbons (Fsp3) is 0.0645. The number of fused-ring (bicyclic) bond motifs is 4. The van der Waals surface area contributed by atoms with Gasteiger partial charge in [0, 0.05) is 50.1 Å². The SMILES string of the molecule is CCc1ccc2c(c1)C(=O)c1ccccc1C2=O.O=Cc1ccc2c(c1)C(=O)c1ccccc1C2=O. The molecule has 2 aliphatic carbocycles. The monoisotopic (exact) mass is 472 g/mol. The van der Waals surface area contributed by atoms with Gasteiger partial charge < -0.3 is 0 Å². The van der Waals surface area contributed by atoms with Crippen LogP contribution in [0.1, 0.15) is 86.5 Å². The van der Waals surface area contributed by atoms with E-state index in [0.717, 1.165) is 12.0 Å². The molecule has 0 amide bonds. The fourth-order valence-electron chi connectivity index (χ4n) is 4.56. The Kier molecular flexibility index (Phi) is 5.82. The molecule has 0 unspecified atom stereocenters. The quantitative estimate of drug-likeness (QED) is 0.319. The van der Waals surface area contributed by atoms with E-state index in [1.54, 1.807) is 60.7 Å². The molecule has 36 heavy (non-hydrogen) atoms. The molecule has 0 atom stereocenters. The zero-order valence-corrected chi connectivity index (χ0v) is 19.4. The summed E-state index contributed by atoms with van der Waals surface area (Å²) < 4.78 is 0. The molecular weight excluding hydrogens is 452 g/mol. The van der Waals surface area contributed by atoms with Crippen LogP contribution in [0.3, 0.4) is 0 Å². The summed E-state index contributed by atoms with van der Waals surface area (Å²) in [7, 11) is 0. The van der Waals surface area contributed by atoms with Crippen molar-refractivity contribution in [1.82, 2.24) is 0 Å². The highest BCUT2D eigenvalue weighted by atomic mass is 16.1. The average molecular weight is 472 g/mol. The van der Waals surface area contributed by atoms with Crippen molar-refractivity contribution in [2.24, 2.45) is 0 Å². The number of aldehydes is 1. The van der Waals surface area contributed by atoms with Crippen molar-refractivity contribution < 1.29 is 24.0 Å². The minimum Gasteiger partial charge on any atom is -0.298 e. The van der Waals surface area contributed by atoms with Gasteiger partial charge in [0.05, 0.1) is 0 Å². The average Bonchev–Trinajstić information content (AvgIpc) is 2.94. The van der Waals surface area contributed by atoms with Gasteiger partial charge in [-0.05, 0) is 30.2 Å². The molecule has 0 saturated heterocycles. The largest absolute Gasteiger partial charge is 0.298 e. The minimum absolute atomic E-state index is 0.0458. The Labute approximate surface area is 207 Å². The maximum Gasteiger partial charge on any atom is 0.194 e. The molecule has 5 heteroatoms. The van der Waals surface area contributed by atoms with Crippen molar-refractivity contribution in [2.75, 3.05) is 0 Å². The summed E-state index contributed by atoms with van der Waals surface area (Å²) in [6.07, 6.45) is 1.52. The smallest absolute Gasteiger partial charge is 0.194 e. The fourth-order valence-corrected chi connectivity index (χ4v) is 4.56. The predicted molar refractivity (Wildman–Crippen MR) is 134 cm³/mol. The second-order valence-corrected chi connectivity index (χ2v) is 8.56. The zero-order valence-electron chi connectivity index (χ0n) is 19.4. The minimum atomic E-state index is -0.205. The molecule has 5 nitrogen and oxygen atoms in total. The van der Waals surface area contributed by atoms with Crippen LogP contribution in [0.15, 0.2) is 84.9 Å². The second kappa shape index (κ2) is 9.12. The summed E-state index contributed by atoms with van der Waals surface area (Å²) in [5.74, 6) is -0.472.